The molecule has 0 saturated heterocycles. The third-order valence-electron chi connectivity index (χ3n) is 6.68. The van der Waals surface area contributed by atoms with Crippen LogP contribution < -0.4 is 10.6 Å². The zero-order valence-corrected chi connectivity index (χ0v) is 23.2. The monoisotopic (exact) mass is 553 g/mol. The minimum atomic E-state index is -1.12. The molecule has 2 N–H and O–H groups in total. The van der Waals surface area contributed by atoms with Crippen LogP contribution in [-0.2, 0) is 0 Å². The van der Waals surface area contributed by atoms with Gasteiger partial charge in [0.15, 0.2) is 0 Å². The number of aromatic nitrogens is 4. The summed E-state index contributed by atoms with van der Waals surface area (Å²) in [5.74, 6) is 0. The van der Waals surface area contributed by atoms with Gasteiger partial charge in [0.05, 0.1) is 58.0 Å². The fourth-order valence-corrected chi connectivity index (χ4v) is 4.44. The van der Waals surface area contributed by atoms with E-state index in [1.54, 1.807) is 31.2 Å². The van der Waals surface area contributed by atoms with Gasteiger partial charge in [-0.05, 0) is 41.7 Å². The zero-order chi connectivity index (χ0) is 29.7. The number of pyridine rings is 1. The number of benzene rings is 2. The van der Waals surface area contributed by atoms with E-state index < -0.39 is 25.4 Å². The quantitative estimate of drug-likeness (QED) is 0.262. The Balaban J connectivity index is 1.92. The van der Waals surface area contributed by atoms with E-state index in [1.165, 1.54) is 12.4 Å². The number of hydrogen-bond donors (Lipinski definition) is 2. The summed E-state index contributed by atoms with van der Waals surface area (Å²) in [5, 5.41) is 44.9. The Morgan fingerprint density at radius 1 is 1.02 bits per heavy atom. The number of rotatable bonds is 9. The highest BCUT2D eigenvalue weighted by molar-refractivity contribution is 6.01. The molecule has 11 heteroatoms. The van der Waals surface area contributed by atoms with Gasteiger partial charge in [-0.15, -0.1) is 5.10 Å². The van der Waals surface area contributed by atoms with Gasteiger partial charge >= 0.3 is 0 Å². The molecule has 2 heterocycles. The number of nitrogens with one attached hydrogen (secondary N) is 2. The maximum atomic E-state index is 13.4. The molecule has 0 aliphatic carbocycles. The average molecular weight is 554 g/mol. The second-order valence-corrected chi connectivity index (χ2v) is 10.9. The lowest BCUT2D eigenvalue weighted by Crippen LogP contribution is -2.20. The van der Waals surface area contributed by atoms with Gasteiger partial charge in [-0.2, -0.15) is 15.8 Å². The molecule has 0 spiro atoms. The number of nitrogens with zero attached hydrogens (tertiary/aromatic N) is 7. The van der Waals surface area contributed by atoms with Crippen LogP contribution in [0.3, 0.4) is 0 Å². The first-order chi connectivity index (χ1) is 19.6. The van der Waals surface area contributed by atoms with E-state index in [0.717, 1.165) is 4.68 Å². The van der Waals surface area contributed by atoms with Crippen LogP contribution in [0.4, 0.5) is 20.2 Å². The van der Waals surface area contributed by atoms with E-state index in [2.05, 4.69) is 64.9 Å². The van der Waals surface area contributed by atoms with Crippen molar-refractivity contribution in [3.8, 4) is 18.2 Å². The van der Waals surface area contributed by atoms with E-state index in [9.17, 15) is 24.6 Å². The van der Waals surface area contributed by atoms with E-state index >= 15 is 0 Å². The summed E-state index contributed by atoms with van der Waals surface area (Å²) >= 11 is 0. The summed E-state index contributed by atoms with van der Waals surface area (Å²) < 4.78 is 28.0. The summed E-state index contributed by atoms with van der Waals surface area (Å²) in [4.78, 5) is 4.56. The van der Waals surface area contributed by atoms with Gasteiger partial charge in [0, 0.05) is 18.1 Å². The third kappa shape index (κ3) is 6.08. The highest BCUT2D eigenvalue weighted by Gasteiger charge is 2.25. The van der Waals surface area contributed by atoms with Gasteiger partial charge in [-0.3, -0.25) is 4.98 Å². The van der Waals surface area contributed by atoms with Crippen molar-refractivity contribution in [3.63, 3.8) is 0 Å². The molecule has 0 bridgehead atoms. The van der Waals surface area contributed by atoms with Crippen LogP contribution in [0, 0.1) is 46.3 Å². The lowest BCUT2D eigenvalue weighted by atomic mass is 9.94. The molecule has 0 fully saturated rings. The lowest BCUT2D eigenvalue weighted by Gasteiger charge is -2.23. The molecule has 0 aliphatic rings. The van der Waals surface area contributed by atoms with Crippen molar-refractivity contribution < 1.29 is 8.78 Å². The maximum absolute atomic E-state index is 13.4. The van der Waals surface area contributed by atoms with Crippen molar-refractivity contribution >= 4 is 22.3 Å². The molecule has 0 aliphatic heterocycles. The number of halogens is 2. The minimum absolute atomic E-state index is 0.0898. The molecule has 0 saturated carbocycles. The Morgan fingerprint density at radius 3 is 2.39 bits per heavy atom. The van der Waals surface area contributed by atoms with Gasteiger partial charge in [0.25, 0.3) is 0 Å². The fraction of sp³-hybridized carbons (Fsp3) is 0.333. The van der Waals surface area contributed by atoms with Crippen molar-refractivity contribution in [2.75, 3.05) is 30.5 Å². The van der Waals surface area contributed by atoms with Crippen molar-refractivity contribution in [1.29, 1.82) is 15.8 Å². The largest absolute Gasteiger partial charge is 0.383 e. The highest BCUT2D eigenvalue weighted by Crippen LogP contribution is 2.36. The Kier molecular flexibility index (Phi) is 8.45. The smallest absolute Gasteiger partial charge is 0.114 e. The average Bonchev–Trinajstić information content (AvgIpc) is 3.44. The highest BCUT2D eigenvalue weighted by atomic mass is 19.1. The molecule has 9 nitrogen and oxygen atoms in total. The van der Waals surface area contributed by atoms with Crippen molar-refractivity contribution in [2.45, 2.75) is 39.8 Å². The molecule has 2 aromatic heterocycles. The van der Waals surface area contributed by atoms with Crippen LogP contribution in [-0.4, -0.2) is 39.9 Å². The fourth-order valence-electron chi connectivity index (χ4n) is 4.44. The Hall–Kier alpha value is -5.08. The number of alkyl halides is 2. The van der Waals surface area contributed by atoms with E-state index in [0.29, 0.717) is 62.3 Å². The topological polar surface area (TPSA) is 139 Å². The first-order valence-electron chi connectivity index (χ1n) is 12.9. The van der Waals surface area contributed by atoms with Crippen LogP contribution in [0.1, 0.15) is 66.4 Å². The molecule has 0 radical (unpaired) electrons. The second kappa shape index (κ2) is 12.0. The molecule has 4 rings (SSSR count). The standard InChI is InChI=1S/C30H29F2N9/c1-18-20(13-34)6-5-7-23(18)29(26-16-41(40-39-26)22(10-31)11-32)38-25-9-19(12-33)8-24-27(37-17-30(2,3)4)21(14-35)15-36-28(24)25/h5-9,15-16,22,29,38H,10-11,17H2,1-4H3,(H,36,37)/t29-/m0/s1. The number of anilines is 2. The van der Waals surface area contributed by atoms with Gasteiger partial charge in [0.1, 0.15) is 31.2 Å². The second-order valence-electron chi connectivity index (χ2n) is 10.9. The van der Waals surface area contributed by atoms with Crippen LogP contribution in [0.5, 0.6) is 0 Å². The molecule has 2 aromatic carbocycles. The van der Waals surface area contributed by atoms with E-state index in [-0.39, 0.29) is 5.41 Å². The molecule has 1 atom stereocenters. The molecule has 208 valence electrons. The SMILES string of the molecule is Cc1c(C#N)cccc1[C@H](Nc1cc(C#N)cc2c(NCC(C)(C)C)c(C#N)cnc12)c1cn(C(CF)CF)nn1. The summed E-state index contributed by atoms with van der Waals surface area (Å²) in [7, 11) is 0. The first kappa shape index (κ1) is 28.9. The van der Waals surface area contributed by atoms with E-state index in [1.807, 2.05) is 6.07 Å². The molecule has 41 heavy (non-hydrogen) atoms. The summed E-state index contributed by atoms with van der Waals surface area (Å²) in [6, 6.07) is 13.3. The van der Waals surface area contributed by atoms with Crippen molar-refractivity contribution in [2.24, 2.45) is 5.41 Å². The van der Waals surface area contributed by atoms with Crippen molar-refractivity contribution in [1.82, 2.24) is 20.0 Å². The molecular formula is C30H29F2N9. The summed E-state index contributed by atoms with van der Waals surface area (Å²) in [6.07, 6.45) is 2.94. The summed E-state index contributed by atoms with van der Waals surface area (Å²) in [5.41, 5.74) is 4.27. The van der Waals surface area contributed by atoms with E-state index in [4.69, 9.17) is 0 Å². The Labute approximate surface area is 237 Å². The Morgan fingerprint density at radius 2 is 1.76 bits per heavy atom. The number of nitriles is 3. The van der Waals surface area contributed by atoms with Crippen molar-refractivity contribution in [3.05, 3.63) is 76.2 Å². The molecular weight excluding hydrogens is 524 g/mol. The maximum Gasteiger partial charge on any atom is 0.114 e. The summed E-state index contributed by atoms with van der Waals surface area (Å²) in [6.45, 7) is 6.65. The van der Waals surface area contributed by atoms with Crippen LogP contribution in [0.25, 0.3) is 10.9 Å². The molecule has 0 amide bonds. The predicted molar refractivity (Wildman–Crippen MR) is 151 cm³/mol. The van der Waals surface area contributed by atoms with Gasteiger partial charge in [0.2, 0.25) is 0 Å². The number of fused-ring (bicyclic) bond motifs is 1. The number of hydrogen-bond acceptors (Lipinski definition) is 8. The molecule has 0 unspecified atom stereocenters. The Bertz CT molecular complexity index is 1700. The third-order valence-corrected chi connectivity index (χ3v) is 6.68. The minimum Gasteiger partial charge on any atom is -0.383 e. The normalized spacial score (nSPS) is 12.0. The van der Waals surface area contributed by atoms with Gasteiger partial charge < -0.3 is 10.6 Å². The molecule has 4 aromatic rings. The van der Waals surface area contributed by atoms with Crippen LogP contribution in [0.2, 0.25) is 0 Å². The zero-order valence-electron chi connectivity index (χ0n) is 23.2. The first-order valence-corrected chi connectivity index (χ1v) is 12.9. The van der Waals surface area contributed by atoms with Crippen LogP contribution >= 0.6 is 0 Å². The lowest BCUT2D eigenvalue weighted by molar-refractivity contribution is 0.269. The van der Waals surface area contributed by atoms with Gasteiger partial charge in [-0.25, -0.2) is 13.5 Å². The van der Waals surface area contributed by atoms with Gasteiger partial charge in [-0.1, -0.05) is 38.1 Å². The van der Waals surface area contributed by atoms with Crippen LogP contribution in [0.15, 0.2) is 42.7 Å². The predicted octanol–water partition coefficient (Wildman–Crippen LogP) is 5.89.